The maximum Gasteiger partial charge on any atom is 0.228 e. The van der Waals surface area contributed by atoms with Crippen molar-refractivity contribution in [2.24, 2.45) is 0 Å². The van der Waals surface area contributed by atoms with Crippen molar-refractivity contribution in [3.05, 3.63) is 41.2 Å². The Morgan fingerprint density at radius 3 is 2.59 bits per heavy atom. The highest BCUT2D eigenvalue weighted by atomic mass is 15.2. The summed E-state index contributed by atoms with van der Waals surface area (Å²) in [6.07, 6.45) is 2.41. The Kier molecular flexibility index (Phi) is 4.51. The van der Waals surface area contributed by atoms with Crippen molar-refractivity contribution in [3.8, 4) is 0 Å². The summed E-state index contributed by atoms with van der Waals surface area (Å²) in [5, 5.41) is 4.52. The van der Waals surface area contributed by atoms with Crippen molar-refractivity contribution in [2.75, 3.05) is 29.0 Å². The highest BCUT2D eigenvalue weighted by molar-refractivity contribution is 5.85. The molecule has 7 heteroatoms. The molecule has 0 amide bonds. The van der Waals surface area contributed by atoms with E-state index in [2.05, 4.69) is 63.3 Å². The largest absolute Gasteiger partial charge is 0.368 e. The van der Waals surface area contributed by atoms with Crippen molar-refractivity contribution >= 4 is 28.6 Å². The van der Waals surface area contributed by atoms with E-state index in [1.807, 2.05) is 6.92 Å². The molecule has 4 rings (SSSR count). The minimum atomic E-state index is -0.0146. The van der Waals surface area contributed by atoms with Gasteiger partial charge in [-0.1, -0.05) is 18.2 Å². The number of nitrogens with one attached hydrogen (secondary N) is 1. The van der Waals surface area contributed by atoms with Crippen LogP contribution in [0.4, 0.5) is 17.7 Å². The van der Waals surface area contributed by atoms with Crippen LogP contribution < -0.4 is 16.0 Å². The Bertz CT molecular complexity index is 959. The molecule has 27 heavy (non-hydrogen) atoms. The molecule has 1 aliphatic heterocycles. The number of aryl methyl sites for hydroxylation is 2. The number of para-hydroxylation sites is 1. The van der Waals surface area contributed by atoms with Gasteiger partial charge in [-0.05, 0) is 45.2 Å². The van der Waals surface area contributed by atoms with Gasteiger partial charge in [0, 0.05) is 24.0 Å². The standard InChI is InChI=1S/C20H25N7/c1-12-7-6-8-15-11-16(18(25-17(12)15)27-9-4-5-10-27)13(2)22-20-24-14(3)23-19(21)26-20/h6-8,11,13H,4-5,9-10H2,1-3H3,(H3,21,22,23,24,26)/t13-/m0/s1. The topological polar surface area (TPSA) is 92.8 Å². The van der Waals surface area contributed by atoms with Crippen LogP contribution in [0.3, 0.4) is 0 Å². The predicted octanol–water partition coefficient (Wildman–Crippen LogP) is 3.39. The molecule has 7 nitrogen and oxygen atoms in total. The van der Waals surface area contributed by atoms with Crippen molar-refractivity contribution in [3.63, 3.8) is 0 Å². The summed E-state index contributed by atoms with van der Waals surface area (Å²) in [6, 6.07) is 8.52. The summed E-state index contributed by atoms with van der Waals surface area (Å²) in [5.41, 5.74) is 9.18. The second-order valence-corrected chi connectivity index (χ2v) is 7.17. The minimum Gasteiger partial charge on any atom is -0.368 e. The lowest BCUT2D eigenvalue weighted by molar-refractivity contribution is 0.825. The van der Waals surface area contributed by atoms with E-state index < -0.39 is 0 Å². The molecular formula is C20H25N7. The first-order valence-corrected chi connectivity index (χ1v) is 9.41. The third kappa shape index (κ3) is 3.49. The number of nitrogens with zero attached hydrogens (tertiary/aromatic N) is 5. The minimum absolute atomic E-state index is 0.0146. The highest BCUT2D eigenvalue weighted by Crippen LogP contribution is 2.32. The van der Waals surface area contributed by atoms with Crippen molar-refractivity contribution in [1.29, 1.82) is 0 Å². The maximum absolute atomic E-state index is 5.77. The third-order valence-corrected chi connectivity index (χ3v) is 5.04. The number of hydrogen-bond donors (Lipinski definition) is 2. The molecule has 0 spiro atoms. The van der Waals surface area contributed by atoms with E-state index in [-0.39, 0.29) is 12.0 Å². The fraction of sp³-hybridized carbons (Fsp3) is 0.400. The van der Waals surface area contributed by atoms with Gasteiger partial charge < -0.3 is 16.0 Å². The lowest BCUT2D eigenvalue weighted by Gasteiger charge is -2.25. The van der Waals surface area contributed by atoms with E-state index in [1.165, 1.54) is 18.4 Å². The molecular weight excluding hydrogens is 338 g/mol. The third-order valence-electron chi connectivity index (χ3n) is 5.04. The average Bonchev–Trinajstić information content (AvgIpc) is 3.14. The van der Waals surface area contributed by atoms with Crippen LogP contribution in [-0.2, 0) is 0 Å². The summed E-state index contributed by atoms with van der Waals surface area (Å²) < 4.78 is 0. The normalized spacial score (nSPS) is 15.3. The Morgan fingerprint density at radius 1 is 1.07 bits per heavy atom. The Hall–Kier alpha value is -2.96. The van der Waals surface area contributed by atoms with E-state index in [4.69, 9.17) is 10.7 Å². The summed E-state index contributed by atoms with van der Waals surface area (Å²) in [4.78, 5) is 20.1. The number of aromatic nitrogens is 4. The van der Waals surface area contributed by atoms with Gasteiger partial charge in [0.2, 0.25) is 11.9 Å². The SMILES string of the molecule is Cc1nc(N)nc(N[C@@H](C)c2cc3cccc(C)c3nc2N2CCCC2)n1. The molecule has 3 heterocycles. The van der Waals surface area contributed by atoms with Crippen LogP contribution in [0.25, 0.3) is 10.9 Å². The van der Waals surface area contributed by atoms with Crippen molar-refractivity contribution < 1.29 is 0 Å². The lowest BCUT2D eigenvalue weighted by atomic mass is 10.0. The average molecular weight is 363 g/mol. The Balaban J connectivity index is 1.77. The summed E-state index contributed by atoms with van der Waals surface area (Å²) in [5.74, 6) is 2.37. The number of pyridine rings is 1. The van der Waals surface area contributed by atoms with Crippen LogP contribution in [0, 0.1) is 13.8 Å². The number of fused-ring (bicyclic) bond motifs is 1. The van der Waals surface area contributed by atoms with Gasteiger partial charge in [-0.25, -0.2) is 4.98 Å². The number of nitrogens with two attached hydrogens (primary N) is 1. The fourth-order valence-electron chi connectivity index (χ4n) is 3.69. The number of rotatable bonds is 4. The zero-order chi connectivity index (χ0) is 19.0. The van der Waals surface area contributed by atoms with Gasteiger partial charge in [0.25, 0.3) is 0 Å². The van der Waals surface area contributed by atoms with Crippen LogP contribution in [0.15, 0.2) is 24.3 Å². The van der Waals surface area contributed by atoms with Crippen molar-refractivity contribution in [1.82, 2.24) is 19.9 Å². The zero-order valence-electron chi connectivity index (χ0n) is 16.0. The van der Waals surface area contributed by atoms with E-state index in [9.17, 15) is 0 Å². The van der Waals surface area contributed by atoms with Gasteiger partial charge in [0.05, 0.1) is 11.6 Å². The van der Waals surface area contributed by atoms with Gasteiger partial charge in [0.1, 0.15) is 11.6 Å². The molecule has 1 aliphatic rings. The van der Waals surface area contributed by atoms with Gasteiger partial charge in [-0.2, -0.15) is 15.0 Å². The first-order chi connectivity index (χ1) is 13.0. The molecule has 0 saturated carbocycles. The van der Waals surface area contributed by atoms with Gasteiger partial charge in [-0.15, -0.1) is 0 Å². The highest BCUT2D eigenvalue weighted by Gasteiger charge is 2.22. The van der Waals surface area contributed by atoms with E-state index in [0.29, 0.717) is 11.8 Å². The molecule has 0 bridgehead atoms. The van der Waals surface area contributed by atoms with E-state index in [1.54, 1.807) is 0 Å². The van der Waals surface area contributed by atoms with Crippen LogP contribution in [0.1, 0.15) is 42.8 Å². The molecule has 3 N–H and O–H groups in total. The molecule has 3 aromatic rings. The van der Waals surface area contributed by atoms with Crippen LogP contribution >= 0.6 is 0 Å². The molecule has 140 valence electrons. The smallest absolute Gasteiger partial charge is 0.228 e. The summed E-state index contributed by atoms with van der Waals surface area (Å²) in [6.45, 7) is 8.11. The molecule has 1 saturated heterocycles. The van der Waals surface area contributed by atoms with Crippen molar-refractivity contribution in [2.45, 2.75) is 39.7 Å². The second-order valence-electron chi connectivity index (χ2n) is 7.17. The lowest BCUT2D eigenvalue weighted by Crippen LogP contribution is -2.23. The molecule has 0 radical (unpaired) electrons. The first-order valence-electron chi connectivity index (χ1n) is 9.41. The van der Waals surface area contributed by atoms with Crippen LogP contribution in [-0.4, -0.2) is 33.0 Å². The zero-order valence-corrected chi connectivity index (χ0v) is 16.0. The number of nitrogen functional groups attached to an aromatic ring is 1. The number of hydrogen-bond acceptors (Lipinski definition) is 7. The molecule has 2 aromatic heterocycles. The molecule has 1 fully saturated rings. The van der Waals surface area contributed by atoms with Gasteiger partial charge in [0.15, 0.2) is 0 Å². The summed E-state index contributed by atoms with van der Waals surface area (Å²) in [7, 11) is 0. The molecule has 0 unspecified atom stereocenters. The monoisotopic (exact) mass is 363 g/mol. The Morgan fingerprint density at radius 2 is 1.85 bits per heavy atom. The molecule has 0 aliphatic carbocycles. The van der Waals surface area contributed by atoms with Crippen LogP contribution in [0.5, 0.6) is 0 Å². The Labute approximate surface area is 159 Å². The van der Waals surface area contributed by atoms with E-state index in [0.717, 1.165) is 35.4 Å². The predicted molar refractivity (Wildman–Crippen MR) is 109 cm³/mol. The van der Waals surface area contributed by atoms with Gasteiger partial charge in [-0.3, -0.25) is 0 Å². The second kappa shape index (κ2) is 6.98. The fourth-order valence-corrected chi connectivity index (χ4v) is 3.69. The molecule has 1 aromatic carbocycles. The molecule has 1 atom stereocenters. The number of anilines is 3. The van der Waals surface area contributed by atoms with Gasteiger partial charge >= 0.3 is 0 Å². The van der Waals surface area contributed by atoms with Crippen LogP contribution in [0.2, 0.25) is 0 Å². The number of benzene rings is 1. The maximum atomic E-state index is 5.77. The van der Waals surface area contributed by atoms with E-state index >= 15 is 0 Å². The first kappa shape index (κ1) is 17.5. The quantitative estimate of drug-likeness (QED) is 0.734. The summed E-state index contributed by atoms with van der Waals surface area (Å²) >= 11 is 0.